The number of aryl methyl sites for hydroxylation is 2. The molecule has 0 aliphatic carbocycles. The van der Waals surface area contributed by atoms with E-state index in [1.165, 1.54) is 0 Å². The average molecular weight is 387 g/mol. The SMILES string of the molecule is Cc1cc(C)n(-c2ccc(NC(=O)C(NC(=O)OC(C)(C)C)C(C)C)cn2)n1. The summed E-state index contributed by atoms with van der Waals surface area (Å²) in [5.74, 6) is 0.215. The number of aromatic nitrogens is 3. The van der Waals surface area contributed by atoms with Gasteiger partial charge in [-0.2, -0.15) is 5.10 Å². The van der Waals surface area contributed by atoms with Gasteiger partial charge in [-0.05, 0) is 58.7 Å². The molecule has 1 unspecified atom stereocenters. The molecule has 2 aromatic heterocycles. The number of alkyl carbamates (subject to hydrolysis) is 1. The number of nitrogens with one attached hydrogen (secondary N) is 2. The summed E-state index contributed by atoms with van der Waals surface area (Å²) < 4.78 is 6.98. The van der Waals surface area contributed by atoms with Crippen LogP contribution >= 0.6 is 0 Å². The van der Waals surface area contributed by atoms with Crippen molar-refractivity contribution in [3.05, 3.63) is 35.8 Å². The van der Waals surface area contributed by atoms with E-state index in [-0.39, 0.29) is 11.8 Å². The third-order valence-electron chi connectivity index (χ3n) is 3.86. The fourth-order valence-corrected chi connectivity index (χ4v) is 2.64. The van der Waals surface area contributed by atoms with Crippen molar-refractivity contribution in [1.29, 1.82) is 0 Å². The smallest absolute Gasteiger partial charge is 0.408 e. The highest BCUT2D eigenvalue weighted by Crippen LogP contribution is 2.14. The zero-order chi connectivity index (χ0) is 21.1. The number of carbonyl (C=O) groups is 2. The van der Waals surface area contributed by atoms with Crippen LogP contribution in [0.4, 0.5) is 10.5 Å². The number of amides is 2. The van der Waals surface area contributed by atoms with Gasteiger partial charge in [-0.25, -0.2) is 14.5 Å². The number of nitrogens with zero attached hydrogens (tertiary/aromatic N) is 3. The van der Waals surface area contributed by atoms with E-state index in [9.17, 15) is 9.59 Å². The summed E-state index contributed by atoms with van der Waals surface area (Å²) in [7, 11) is 0. The Balaban J connectivity index is 2.07. The summed E-state index contributed by atoms with van der Waals surface area (Å²) in [5.41, 5.74) is 1.78. The minimum absolute atomic E-state index is 0.116. The molecule has 28 heavy (non-hydrogen) atoms. The Hall–Kier alpha value is -2.90. The lowest BCUT2D eigenvalue weighted by atomic mass is 10.0. The van der Waals surface area contributed by atoms with Crippen LogP contribution in [-0.4, -0.2) is 38.4 Å². The summed E-state index contributed by atoms with van der Waals surface area (Å²) in [6, 6.07) is 4.76. The molecule has 0 radical (unpaired) electrons. The number of hydrogen-bond acceptors (Lipinski definition) is 5. The number of anilines is 1. The van der Waals surface area contributed by atoms with Crippen LogP contribution in [0.2, 0.25) is 0 Å². The zero-order valence-corrected chi connectivity index (χ0v) is 17.5. The summed E-state index contributed by atoms with van der Waals surface area (Å²) in [4.78, 5) is 29.0. The van der Waals surface area contributed by atoms with Gasteiger partial charge < -0.3 is 15.4 Å². The van der Waals surface area contributed by atoms with E-state index < -0.39 is 17.7 Å². The van der Waals surface area contributed by atoms with Gasteiger partial charge in [0.2, 0.25) is 5.91 Å². The molecule has 0 saturated heterocycles. The normalized spacial score (nSPS) is 12.6. The standard InChI is InChI=1S/C20H29N5O3/c1-12(2)17(23-19(27)28-20(5,6)7)18(26)22-15-8-9-16(21-11-15)25-14(4)10-13(3)24-25/h8-12,17H,1-7H3,(H,22,26)(H,23,27). The number of rotatable bonds is 5. The highest BCUT2D eigenvalue weighted by atomic mass is 16.6. The predicted molar refractivity (Wildman–Crippen MR) is 107 cm³/mol. The predicted octanol–water partition coefficient (Wildman–Crippen LogP) is 3.37. The highest BCUT2D eigenvalue weighted by Gasteiger charge is 2.27. The number of pyridine rings is 1. The Morgan fingerprint density at radius 2 is 1.86 bits per heavy atom. The van der Waals surface area contributed by atoms with E-state index in [2.05, 4.69) is 20.7 Å². The van der Waals surface area contributed by atoms with E-state index in [4.69, 9.17) is 4.74 Å². The first kappa shape index (κ1) is 21.4. The summed E-state index contributed by atoms with van der Waals surface area (Å²) in [6.07, 6.45) is 0.938. The average Bonchev–Trinajstić information content (AvgIpc) is 2.89. The molecular weight excluding hydrogens is 358 g/mol. The molecular formula is C20H29N5O3. The van der Waals surface area contributed by atoms with Gasteiger partial charge in [0.15, 0.2) is 5.82 Å². The molecule has 8 heteroatoms. The van der Waals surface area contributed by atoms with E-state index in [0.717, 1.165) is 11.4 Å². The molecule has 2 heterocycles. The third kappa shape index (κ3) is 5.80. The monoisotopic (exact) mass is 387 g/mol. The first-order valence-corrected chi connectivity index (χ1v) is 9.26. The first-order valence-electron chi connectivity index (χ1n) is 9.26. The van der Waals surface area contributed by atoms with E-state index >= 15 is 0 Å². The van der Waals surface area contributed by atoms with Gasteiger partial charge in [-0.15, -0.1) is 0 Å². The maximum atomic E-state index is 12.6. The van der Waals surface area contributed by atoms with Gasteiger partial charge in [0, 0.05) is 5.69 Å². The molecule has 0 saturated carbocycles. The van der Waals surface area contributed by atoms with Crippen LogP contribution in [0, 0.1) is 19.8 Å². The number of ether oxygens (including phenoxy) is 1. The molecule has 0 aliphatic heterocycles. The van der Waals surface area contributed by atoms with Crippen LogP contribution in [0.1, 0.15) is 46.0 Å². The Morgan fingerprint density at radius 1 is 1.18 bits per heavy atom. The van der Waals surface area contributed by atoms with Gasteiger partial charge in [0.25, 0.3) is 0 Å². The first-order chi connectivity index (χ1) is 13.0. The minimum Gasteiger partial charge on any atom is -0.444 e. The van der Waals surface area contributed by atoms with Crippen LogP contribution in [0.15, 0.2) is 24.4 Å². The molecule has 0 fully saturated rings. The molecule has 0 aromatic carbocycles. The molecule has 2 N–H and O–H groups in total. The van der Waals surface area contributed by atoms with Gasteiger partial charge in [0.05, 0.1) is 17.6 Å². The van der Waals surface area contributed by atoms with Crippen LogP contribution in [0.3, 0.4) is 0 Å². The Labute approximate surface area is 165 Å². The molecule has 2 rings (SSSR count). The molecule has 2 amide bonds. The third-order valence-corrected chi connectivity index (χ3v) is 3.86. The van der Waals surface area contributed by atoms with Crippen molar-refractivity contribution in [2.24, 2.45) is 5.92 Å². The van der Waals surface area contributed by atoms with Crippen LogP contribution in [0.25, 0.3) is 5.82 Å². The Kier molecular flexibility index (Phi) is 6.43. The van der Waals surface area contributed by atoms with Crippen LogP contribution in [0.5, 0.6) is 0 Å². The largest absolute Gasteiger partial charge is 0.444 e. The van der Waals surface area contributed by atoms with Crippen molar-refractivity contribution in [3.63, 3.8) is 0 Å². The van der Waals surface area contributed by atoms with Crippen molar-refractivity contribution in [1.82, 2.24) is 20.1 Å². The van der Waals surface area contributed by atoms with E-state index in [0.29, 0.717) is 11.5 Å². The van der Waals surface area contributed by atoms with Crippen LogP contribution < -0.4 is 10.6 Å². The fraction of sp³-hybridized carbons (Fsp3) is 0.500. The lowest BCUT2D eigenvalue weighted by Gasteiger charge is -2.25. The lowest BCUT2D eigenvalue weighted by molar-refractivity contribution is -0.119. The molecule has 0 spiro atoms. The van der Waals surface area contributed by atoms with E-state index in [1.54, 1.807) is 43.8 Å². The second-order valence-electron chi connectivity index (χ2n) is 8.10. The molecule has 152 valence electrons. The Morgan fingerprint density at radius 3 is 2.32 bits per heavy atom. The summed E-state index contributed by atoms with van der Waals surface area (Å²) >= 11 is 0. The second-order valence-corrected chi connectivity index (χ2v) is 8.10. The second kappa shape index (κ2) is 8.41. The quantitative estimate of drug-likeness (QED) is 0.820. The molecule has 8 nitrogen and oxygen atoms in total. The van der Waals surface area contributed by atoms with Crippen LogP contribution in [-0.2, 0) is 9.53 Å². The van der Waals surface area contributed by atoms with Gasteiger partial charge in [0.1, 0.15) is 11.6 Å². The molecule has 0 aliphatic rings. The maximum Gasteiger partial charge on any atom is 0.408 e. The number of hydrogen-bond donors (Lipinski definition) is 2. The Bertz CT molecular complexity index is 835. The van der Waals surface area contributed by atoms with Gasteiger partial charge in [-0.1, -0.05) is 13.8 Å². The zero-order valence-electron chi connectivity index (χ0n) is 17.5. The maximum absolute atomic E-state index is 12.6. The number of carbonyl (C=O) groups excluding carboxylic acids is 2. The van der Waals surface area contributed by atoms with Gasteiger partial charge >= 0.3 is 6.09 Å². The highest BCUT2D eigenvalue weighted by molar-refractivity contribution is 5.96. The fourth-order valence-electron chi connectivity index (χ4n) is 2.64. The molecule has 2 aromatic rings. The van der Waals surface area contributed by atoms with Crippen molar-refractivity contribution in [2.45, 2.75) is 60.1 Å². The van der Waals surface area contributed by atoms with Crippen molar-refractivity contribution >= 4 is 17.7 Å². The summed E-state index contributed by atoms with van der Waals surface area (Å²) in [6.45, 7) is 12.9. The summed E-state index contributed by atoms with van der Waals surface area (Å²) in [5, 5.41) is 9.81. The lowest BCUT2D eigenvalue weighted by Crippen LogP contribution is -2.48. The van der Waals surface area contributed by atoms with Crippen molar-refractivity contribution in [2.75, 3.05) is 5.32 Å². The van der Waals surface area contributed by atoms with Gasteiger partial charge in [-0.3, -0.25) is 4.79 Å². The van der Waals surface area contributed by atoms with Crippen molar-refractivity contribution < 1.29 is 14.3 Å². The molecule has 1 atom stereocenters. The van der Waals surface area contributed by atoms with E-state index in [1.807, 2.05) is 33.8 Å². The molecule has 0 bridgehead atoms. The topological polar surface area (TPSA) is 98.1 Å². The van der Waals surface area contributed by atoms with Crippen molar-refractivity contribution in [3.8, 4) is 5.82 Å². The minimum atomic E-state index is -0.731.